The predicted octanol–water partition coefficient (Wildman–Crippen LogP) is 3.96. The van der Waals surface area contributed by atoms with Gasteiger partial charge in [0.25, 0.3) is 5.91 Å². The van der Waals surface area contributed by atoms with Crippen LogP contribution in [0, 0.1) is 6.92 Å². The zero-order chi connectivity index (χ0) is 20.5. The zero-order valence-corrected chi connectivity index (χ0v) is 16.3. The summed E-state index contributed by atoms with van der Waals surface area (Å²) in [6.07, 6.45) is 5.58. The summed E-state index contributed by atoms with van der Waals surface area (Å²) >= 11 is 0. The molecule has 0 aliphatic carbocycles. The van der Waals surface area contributed by atoms with Crippen LogP contribution < -0.4 is 10.2 Å². The number of nitrogens with zero attached hydrogens (tertiary/aromatic N) is 4. The molecular formula is C23H19N5O2. The van der Waals surface area contributed by atoms with E-state index in [2.05, 4.69) is 15.4 Å². The van der Waals surface area contributed by atoms with Gasteiger partial charge in [0.05, 0.1) is 16.7 Å². The molecule has 0 aliphatic rings. The second-order valence-electron chi connectivity index (χ2n) is 7.06. The van der Waals surface area contributed by atoms with Gasteiger partial charge in [-0.2, -0.15) is 0 Å². The van der Waals surface area contributed by atoms with E-state index in [1.807, 2.05) is 60.1 Å². The van der Waals surface area contributed by atoms with Gasteiger partial charge in [-0.25, -0.2) is 14.6 Å². The van der Waals surface area contributed by atoms with E-state index in [4.69, 9.17) is 4.74 Å². The maximum Gasteiger partial charge on any atom is 0.270 e. The second-order valence-corrected chi connectivity index (χ2v) is 7.06. The normalized spacial score (nSPS) is 11.1. The van der Waals surface area contributed by atoms with Gasteiger partial charge >= 0.3 is 0 Å². The molecule has 0 bridgehead atoms. The largest absolute Gasteiger partial charge is 0.487 e. The monoisotopic (exact) mass is 397 g/mol. The van der Waals surface area contributed by atoms with Gasteiger partial charge < -0.3 is 9.14 Å². The van der Waals surface area contributed by atoms with Crippen LogP contribution in [0.4, 0.5) is 0 Å². The van der Waals surface area contributed by atoms with E-state index in [1.165, 1.54) is 5.56 Å². The lowest BCUT2D eigenvalue weighted by Gasteiger charge is -2.08. The van der Waals surface area contributed by atoms with Crippen LogP contribution in [0.15, 0.2) is 79.4 Å². The number of carbonyl (C=O) groups excluding carboxylic acids is 1. The molecule has 7 nitrogen and oxygen atoms in total. The lowest BCUT2D eigenvalue weighted by molar-refractivity contribution is 0.101. The van der Waals surface area contributed by atoms with Gasteiger partial charge in [-0.15, -0.1) is 0 Å². The van der Waals surface area contributed by atoms with Gasteiger partial charge in [0.2, 0.25) is 0 Å². The van der Waals surface area contributed by atoms with Gasteiger partial charge in [-0.05, 0) is 55.0 Å². The molecule has 0 spiro atoms. The summed E-state index contributed by atoms with van der Waals surface area (Å²) in [5, 5.41) is 0. The molecule has 0 radical (unpaired) electrons. The Bertz CT molecular complexity index is 1350. The molecule has 30 heavy (non-hydrogen) atoms. The minimum absolute atomic E-state index is 0.222. The van der Waals surface area contributed by atoms with Crippen molar-refractivity contribution in [2.24, 2.45) is 0 Å². The van der Waals surface area contributed by atoms with Gasteiger partial charge in [0.15, 0.2) is 0 Å². The zero-order valence-electron chi connectivity index (χ0n) is 16.3. The predicted molar refractivity (Wildman–Crippen MR) is 114 cm³/mol. The summed E-state index contributed by atoms with van der Waals surface area (Å²) in [4.78, 5) is 21.4. The lowest BCUT2D eigenvalue weighted by atomic mass is 10.2. The number of pyridine rings is 1. The minimum Gasteiger partial charge on any atom is -0.487 e. The third-order valence-corrected chi connectivity index (χ3v) is 4.83. The number of hydrogen-bond donors (Lipinski definition) is 1. The molecular weight excluding hydrogens is 378 g/mol. The number of para-hydroxylation sites is 2. The Morgan fingerprint density at radius 3 is 2.73 bits per heavy atom. The molecule has 3 heterocycles. The third-order valence-electron chi connectivity index (χ3n) is 4.83. The van der Waals surface area contributed by atoms with Crippen molar-refractivity contribution in [2.45, 2.75) is 13.5 Å². The first kappa shape index (κ1) is 17.9. The van der Waals surface area contributed by atoms with Crippen LogP contribution in [0.2, 0.25) is 0 Å². The highest BCUT2D eigenvalue weighted by Gasteiger charge is 2.09. The molecule has 7 heteroatoms. The highest BCUT2D eigenvalue weighted by molar-refractivity contribution is 6.00. The number of imidazole rings is 2. The molecule has 0 saturated carbocycles. The van der Waals surface area contributed by atoms with E-state index >= 15 is 0 Å². The Labute approximate surface area is 172 Å². The Balaban J connectivity index is 1.25. The molecule has 5 rings (SSSR count). The lowest BCUT2D eigenvalue weighted by Crippen LogP contribution is -2.21. The quantitative estimate of drug-likeness (QED) is 0.487. The molecule has 0 saturated heterocycles. The number of aromatic nitrogens is 4. The maximum absolute atomic E-state index is 12.6. The van der Waals surface area contributed by atoms with Gasteiger partial charge in [0.1, 0.15) is 24.3 Å². The van der Waals surface area contributed by atoms with Crippen molar-refractivity contribution < 1.29 is 9.53 Å². The number of nitrogens with one attached hydrogen (secondary N) is 1. The van der Waals surface area contributed by atoms with Crippen LogP contribution >= 0.6 is 0 Å². The Morgan fingerprint density at radius 1 is 1.03 bits per heavy atom. The summed E-state index contributed by atoms with van der Waals surface area (Å²) in [5.41, 5.74) is 7.93. The van der Waals surface area contributed by atoms with Crippen molar-refractivity contribution in [2.75, 3.05) is 5.43 Å². The van der Waals surface area contributed by atoms with Crippen molar-refractivity contribution in [1.82, 2.24) is 19.0 Å². The highest BCUT2D eigenvalue weighted by Crippen LogP contribution is 2.16. The van der Waals surface area contributed by atoms with E-state index in [0.717, 1.165) is 22.4 Å². The fourth-order valence-corrected chi connectivity index (χ4v) is 3.31. The van der Waals surface area contributed by atoms with E-state index in [0.29, 0.717) is 17.9 Å². The number of amides is 1. The standard InChI is InChI=1S/C23H19N5O2/c1-16-6-11-22-25-18(13-27(22)12-16)14-30-19-9-7-17(8-10-19)23(29)26-28-15-24-20-4-2-3-5-21(20)28/h2-13,15H,14H2,1H3,(H,26,29). The van der Waals surface area contributed by atoms with E-state index in [-0.39, 0.29) is 5.91 Å². The molecule has 0 aliphatic heterocycles. The first-order chi connectivity index (χ1) is 14.7. The van der Waals surface area contributed by atoms with E-state index < -0.39 is 0 Å². The highest BCUT2D eigenvalue weighted by atomic mass is 16.5. The SMILES string of the molecule is Cc1ccc2nc(COc3ccc(C(=O)Nn4cnc5ccccc54)cc3)cn2c1. The van der Waals surface area contributed by atoms with Crippen molar-refractivity contribution in [3.63, 3.8) is 0 Å². The molecule has 1 amide bonds. The molecule has 1 N–H and O–H groups in total. The summed E-state index contributed by atoms with van der Waals surface area (Å²) in [6.45, 7) is 2.40. The molecule has 5 aromatic rings. The number of rotatable bonds is 5. The molecule has 0 unspecified atom stereocenters. The third kappa shape index (κ3) is 3.48. The topological polar surface area (TPSA) is 73.4 Å². The van der Waals surface area contributed by atoms with Crippen LogP contribution in [-0.2, 0) is 6.61 Å². The number of fused-ring (bicyclic) bond motifs is 2. The van der Waals surface area contributed by atoms with Crippen molar-refractivity contribution in [3.05, 3.63) is 96.2 Å². The molecule has 148 valence electrons. The van der Waals surface area contributed by atoms with Crippen LogP contribution in [0.25, 0.3) is 16.7 Å². The van der Waals surface area contributed by atoms with Crippen LogP contribution in [0.1, 0.15) is 21.6 Å². The Hall–Kier alpha value is -4.13. The molecule has 0 fully saturated rings. The molecule has 3 aromatic heterocycles. The Morgan fingerprint density at radius 2 is 1.87 bits per heavy atom. The van der Waals surface area contributed by atoms with Crippen molar-refractivity contribution in [1.29, 1.82) is 0 Å². The van der Waals surface area contributed by atoms with E-state index in [1.54, 1.807) is 35.3 Å². The first-order valence-corrected chi connectivity index (χ1v) is 9.56. The van der Waals surface area contributed by atoms with Crippen LogP contribution in [0.3, 0.4) is 0 Å². The fourth-order valence-electron chi connectivity index (χ4n) is 3.31. The van der Waals surface area contributed by atoms with Crippen LogP contribution in [-0.4, -0.2) is 25.0 Å². The first-order valence-electron chi connectivity index (χ1n) is 9.56. The maximum atomic E-state index is 12.6. The van der Waals surface area contributed by atoms with Gasteiger partial charge in [-0.1, -0.05) is 18.2 Å². The average molecular weight is 397 g/mol. The van der Waals surface area contributed by atoms with Crippen molar-refractivity contribution in [3.8, 4) is 5.75 Å². The summed E-state index contributed by atoms with van der Waals surface area (Å²) in [6, 6.07) is 18.7. The summed E-state index contributed by atoms with van der Waals surface area (Å²) in [5.74, 6) is 0.452. The van der Waals surface area contributed by atoms with E-state index in [9.17, 15) is 4.79 Å². The number of carbonyl (C=O) groups is 1. The molecule has 0 atom stereocenters. The number of hydrogen-bond acceptors (Lipinski definition) is 4. The Kier molecular flexibility index (Phi) is 4.40. The minimum atomic E-state index is -0.222. The fraction of sp³-hybridized carbons (Fsp3) is 0.0870. The number of ether oxygens (including phenoxy) is 1. The number of aryl methyl sites for hydroxylation is 1. The summed E-state index contributed by atoms with van der Waals surface area (Å²) < 4.78 is 9.43. The summed E-state index contributed by atoms with van der Waals surface area (Å²) in [7, 11) is 0. The molecule has 2 aromatic carbocycles. The van der Waals surface area contributed by atoms with Gasteiger partial charge in [0, 0.05) is 18.0 Å². The smallest absolute Gasteiger partial charge is 0.270 e. The second kappa shape index (κ2) is 7.36. The van der Waals surface area contributed by atoms with Crippen LogP contribution in [0.5, 0.6) is 5.75 Å². The number of benzene rings is 2. The average Bonchev–Trinajstić information content (AvgIpc) is 3.36. The van der Waals surface area contributed by atoms with Gasteiger partial charge in [-0.3, -0.25) is 10.2 Å². The van der Waals surface area contributed by atoms with Crippen molar-refractivity contribution >= 4 is 22.6 Å².